The maximum absolute atomic E-state index is 12.5. The number of nitrogens with one attached hydrogen (secondary N) is 1. The zero-order valence-corrected chi connectivity index (χ0v) is 15.8. The molecule has 1 aliphatic rings. The van der Waals surface area contributed by atoms with E-state index < -0.39 is 22.0 Å². The van der Waals surface area contributed by atoms with Crippen LogP contribution in [0.4, 0.5) is 0 Å². The molecule has 25 heavy (non-hydrogen) atoms. The summed E-state index contributed by atoms with van der Waals surface area (Å²) in [5.74, 6) is -0.613. The third kappa shape index (κ3) is 4.71. The van der Waals surface area contributed by atoms with Crippen LogP contribution in [0.2, 0.25) is 5.02 Å². The first-order valence-electron chi connectivity index (χ1n) is 8.08. The molecule has 0 saturated carbocycles. The van der Waals surface area contributed by atoms with Crippen molar-refractivity contribution in [2.75, 3.05) is 31.9 Å². The fourth-order valence-corrected chi connectivity index (χ4v) is 3.93. The van der Waals surface area contributed by atoms with Gasteiger partial charge in [0.1, 0.15) is 6.04 Å². The van der Waals surface area contributed by atoms with Crippen molar-refractivity contribution in [1.29, 1.82) is 0 Å². The molecule has 1 aromatic rings. The van der Waals surface area contributed by atoms with Gasteiger partial charge in [-0.15, -0.1) is 0 Å². The van der Waals surface area contributed by atoms with E-state index in [2.05, 4.69) is 5.32 Å². The number of carbonyl (C=O) groups is 2. The molecule has 1 heterocycles. The molecule has 2 rings (SSSR count). The highest BCUT2D eigenvalue weighted by molar-refractivity contribution is 7.89. The minimum absolute atomic E-state index is 0.0469. The number of piperazine rings is 1. The Morgan fingerprint density at radius 1 is 1.20 bits per heavy atom. The molecule has 0 aliphatic carbocycles. The number of hydrogen-bond acceptors (Lipinski definition) is 4. The number of benzene rings is 1. The third-order valence-corrected chi connectivity index (χ3v) is 6.36. The molecule has 0 aromatic heterocycles. The lowest BCUT2D eigenvalue weighted by atomic mass is 10.2. The molecular formula is C16H22ClN3O4S. The van der Waals surface area contributed by atoms with Crippen molar-refractivity contribution in [2.24, 2.45) is 0 Å². The summed E-state index contributed by atoms with van der Waals surface area (Å²) in [5, 5.41) is 2.96. The first kappa shape index (κ1) is 19.7. The second-order valence-electron chi connectivity index (χ2n) is 5.80. The predicted molar refractivity (Wildman–Crippen MR) is 96.0 cm³/mol. The molecule has 0 bridgehead atoms. The van der Waals surface area contributed by atoms with Crippen molar-refractivity contribution in [1.82, 2.24) is 14.5 Å². The van der Waals surface area contributed by atoms with Crippen LogP contribution in [-0.4, -0.2) is 67.4 Å². The van der Waals surface area contributed by atoms with Crippen molar-refractivity contribution in [3.05, 3.63) is 34.9 Å². The van der Waals surface area contributed by atoms with Gasteiger partial charge in [0.05, 0.1) is 16.3 Å². The van der Waals surface area contributed by atoms with E-state index in [1.807, 2.05) is 0 Å². The van der Waals surface area contributed by atoms with Crippen molar-refractivity contribution in [3.8, 4) is 0 Å². The van der Waals surface area contributed by atoms with Crippen LogP contribution in [0.5, 0.6) is 0 Å². The number of hydrogen-bond donors (Lipinski definition) is 1. The molecular weight excluding hydrogens is 366 g/mol. The topological polar surface area (TPSA) is 86.8 Å². The largest absolute Gasteiger partial charge is 0.340 e. The fourth-order valence-electron chi connectivity index (χ4n) is 2.62. The van der Waals surface area contributed by atoms with Crippen LogP contribution in [0.25, 0.3) is 0 Å². The van der Waals surface area contributed by atoms with Gasteiger partial charge in [-0.05, 0) is 26.0 Å². The van der Waals surface area contributed by atoms with Crippen LogP contribution >= 0.6 is 11.6 Å². The van der Waals surface area contributed by atoms with E-state index in [1.165, 1.54) is 4.31 Å². The lowest BCUT2D eigenvalue weighted by Gasteiger charge is -2.35. The van der Waals surface area contributed by atoms with Gasteiger partial charge in [-0.1, -0.05) is 23.7 Å². The summed E-state index contributed by atoms with van der Waals surface area (Å²) in [7, 11) is -3.24. The number of carbonyl (C=O) groups excluding carboxylic acids is 2. The summed E-state index contributed by atoms with van der Waals surface area (Å²) in [6.07, 6.45) is 0. The SMILES string of the molecule is CCS(=O)(=O)N1CCN(C(=O)C(C)NC(=O)c2ccccc2Cl)CC1. The molecule has 2 amide bonds. The Labute approximate surface area is 153 Å². The third-order valence-electron chi connectivity index (χ3n) is 4.15. The molecule has 1 saturated heterocycles. The Balaban J connectivity index is 1.93. The maximum Gasteiger partial charge on any atom is 0.253 e. The van der Waals surface area contributed by atoms with E-state index in [9.17, 15) is 18.0 Å². The summed E-state index contributed by atoms with van der Waals surface area (Å²) in [6, 6.07) is 5.88. The van der Waals surface area contributed by atoms with Gasteiger partial charge in [0.25, 0.3) is 5.91 Å². The van der Waals surface area contributed by atoms with Crippen LogP contribution in [0.15, 0.2) is 24.3 Å². The summed E-state index contributed by atoms with van der Waals surface area (Å²) < 4.78 is 25.1. The Morgan fingerprint density at radius 3 is 2.36 bits per heavy atom. The van der Waals surface area contributed by atoms with Gasteiger partial charge in [-0.2, -0.15) is 4.31 Å². The highest BCUT2D eigenvalue weighted by Gasteiger charge is 2.30. The number of amides is 2. The predicted octanol–water partition coefficient (Wildman–Crippen LogP) is 0.952. The van der Waals surface area contributed by atoms with Gasteiger partial charge >= 0.3 is 0 Å². The van der Waals surface area contributed by atoms with E-state index in [0.717, 1.165) is 0 Å². The van der Waals surface area contributed by atoms with Gasteiger partial charge in [-0.25, -0.2) is 8.42 Å². The average molecular weight is 388 g/mol. The minimum Gasteiger partial charge on any atom is -0.340 e. The molecule has 1 aromatic carbocycles. The second-order valence-corrected chi connectivity index (χ2v) is 8.46. The Kier molecular flexibility index (Phi) is 6.42. The standard InChI is InChI=1S/C16H22ClN3O4S/c1-3-25(23,24)20-10-8-19(9-11-20)16(22)12(2)18-15(21)13-6-4-5-7-14(13)17/h4-7,12H,3,8-11H2,1-2H3,(H,18,21). The zero-order valence-electron chi connectivity index (χ0n) is 14.2. The van der Waals surface area contributed by atoms with E-state index in [4.69, 9.17) is 11.6 Å². The molecule has 1 aliphatic heterocycles. The van der Waals surface area contributed by atoms with Crippen LogP contribution in [0.1, 0.15) is 24.2 Å². The van der Waals surface area contributed by atoms with E-state index in [1.54, 1.807) is 43.0 Å². The molecule has 1 fully saturated rings. The first-order chi connectivity index (χ1) is 11.8. The minimum atomic E-state index is -3.24. The molecule has 138 valence electrons. The van der Waals surface area contributed by atoms with Crippen LogP contribution < -0.4 is 5.32 Å². The van der Waals surface area contributed by atoms with Gasteiger partial charge < -0.3 is 10.2 Å². The number of halogens is 1. The molecule has 7 nitrogen and oxygen atoms in total. The lowest BCUT2D eigenvalue weighted by molar-refractivity contribution is -0.134. The highest BCUT2D eigenvalue weighted by atomic mass is 35.5. The van der Waals surface area contributed by atoms with Crippen molar-refractivity contribution >= 4 is 33.4 Å². The van der Waals surface area contributed by atoms with Gasteiger partial charge in [0.15, 0.2) is 0 Å². The summed E-state index contributed by atoms with van der Waals surface area (Å²) in [5.41, 5.74) is 0.308. The summed E-state index contributed by atoms with van der Waals surface area (Å²) >= 11 is 5.98. The summed E-state index contributed by atoms with van der Waals surface area (Å²) in [4.78, 5) is 26.3. The Hall–Kier alpha value is -1.64. The van der Waals surface area contributed by atoms with E-state index >= 15 is 0 Å². The van der Waals surface area contributed by atoms with Gasteiger partial charge in [-0.3, -0.25) is 9.59 Å². The zero-order chi connectivity index (χ0) is 18.6. The van der Waals surface area contributed by atoms with Crippen LogP contribution in [0.3, 0.4) is 0 Å². The smallest absolute Gasteiger partial charge is 0.253 e. The molecule has 1 unspecified atom stereocenters. The number of rotatable bonds is 5. The Bertz CT molecular complexity index is 746. The van der Waals surface area contributed by atoms with Crippen LogP contribution in [-0.2, 0) is 14.8 Å². The Morgan fingerprint density at radius 2 is 1.80 bits per heavy atom. The van der Waals surface area contributed by atoms with E-state index in [-0.39, 0.29) is 24.7 Å². The van der Waals surface area contributed by atoms with Gasteiger partial charge in [0, 0.05) is 26.2 Å². The first-order valence-corrected chi connectivity index (χ1v) is 10.1. The molecule has 1 atom stereocenters. The molecule has 9 heteroatoms. The number of nitrogens with zero attached hydrogens (tertiary/aromatic N) is 2. The van der Waals surface area contributed by atoms with Crippen molar-refractivity contribution < 1.29 is 18.0 Å². The van der Waals surface area contributed by atoms with E-state index in [0.29, 0.717) is 23.7 Å². The number of sulfonamides is 1. The van der Waals surface area contributed by atoms with Gasteiger partial charge in [0.2, 0.25) is 15.9 Å². The second kappa shape index (κ2) is 8.16. The quantitative estimate of drug-likeness (QED) is 0.815. The van der Waals surface area contributed by atoms with Crippen LogP contribution in [0, 0.1) is 0 Å². The molecule has 1 N–H and O–H groups in total. The lowest BCUT2D eigenvalue weighted by Crippen LogP contribution is -2.55. The molecule has 0 radical (unpaired) electrons. The molecule has 0 spiro atoms. The monoisotopic (exact) mass is 387 g/mol. The highest BCUT2D eigenvalue weighted by Crippen LogP contribution is 2.15. The summed E-state index contributed by atoms with van der Waals surface area (Å²) in [6.45, 7) is 4.36. The maximum atomic E-state index is 12.5. The van der Waals surface area contributed by atoms with Crippen molar-refractivity contribution in [3.63, 3.8) is 0 Å². The average Bonchev–Trinajstić information content (AvgIpc) is 2.61. The van der Waals surface area contributed by atoms with Crippen molar-refractivity contribution in [2.45, 2.75) is 19.9 Å². The normalized spacial score (nSPS) is 17.2. The fraction of sp³-hybridized carbons (Fsp3) is 0.500.